The fourth-order valence-corrected chi connectivity index (χ4v) is 1.80. The monoisotopic (exact) mass is 333 g/mol. The predicted molar refractivity (Wildman–Crippen MR) is 85.9 cm³/mol. The van der Waals surface area contributed by atoms with E-state index in [9.17, 15) is 14.0 Å². The van der Waals surface area contributed by atoms with Crippen LogP contribution in [0.4, 0.5) is 4.39 Å². The molecule has 0 unspecified atom stereocenters. The summed E-state index contributed by atoms with van der Waals surface area (Å²) in [5, 5.41) is 6.65. The van der Waals surface area contributed by atoms with Crippen LogP contribution >= 0.6 is 11.6 Å². The second kappa shape index (κ2) is 8.05. The molecular weight excluding hydrogens is 321 g/mol. The highest BCUT2D eigenvalue weighted by Crippen LogP contribution is 2.09. The second-order valence-electron chi connectivity index (χ2n) is 4.54. The van der Waals surface area contributed by atoms with E-state index in [0.29, 0.717) is 16.1 Å². The van der Waals surface area contributed by atoms with E-state index >= 15 is 0 Å². The number of nitrogens with zero attached hydrogens (tertiary/aromatic N) is 1. The number of hydrogen-bond acceptors (Lipinski definition) is 3. The van der Waals surface area contributed by atoms with E-state index in [0.717, 1.165) is 0 Å². The normalized spacial score (nSPS) is 10.5. The van der Waals surface area contributed by atoms with Crippen molar-refractivity contribution in [2.45, 2.75) is 0 Å². The van der Waals surface area contributed by atoms with E-state index in [1.54, 1.807) is 30.3 Å². The molecule has 2 rings (SSSR count). The van der Waals surface area contributed by atoms with Crippen LogP contribution in [-0.4, -0.2) is 24.6 Å². The molecule has 0 spiro atoms. The zero-order valence-corrected chi connectivity index (χ0v) is 12.7. The van der Waals surface area contributed by atoms with Crippen LogP contribution in [0.1, 0.15) is 15.9 Å². The number of carbonyl (C=O) groups excluding carboxylic acids is 2. The van der Waals surface area contributed by atoms with Gasteiger partial charge >= 0.3 is 0 Å². The molecule has 5 nitrogen and oxygen atoms in total. The molecule has 0 radical (unpaired) electrons. The molecule has 0 aromatic heterocycles. The molecule has 2 aromatic rings. The minimum Gasteiger partial charge on any atom is -0.343 e. The van der Waals surface area contributed by atoms with Crippen molar-refractivity contribution in [3.8, 4) is 0 Å². The molecule has 7 heteroatoms. The van der Waals surface area contributed by atoms with Crippen molar-refractivity contribution in [1.82, 2.24) is 10.7 Å². The summed E-state index contributed by atoms with van der Waals surface area (Å²) in [5.41, 5.74) is 3.14. The van der Waals surface area contributed by atoms with Gasteiger partial charge in [-0.05, 0) is 42.0 Å². The Bertz CT molecular complexity index is 732. The van der Waals surface area contributed by atoms with Gasteiger partial charge in [-0.1, -0.05) is 23.7 Å². The fraction of sp³-hybridized carbons (Fsp3) is 0.0625. The number of carbonyl (C=O) groups is 2. The average molecular weight is 334 g/mol. The van der Waals surface area contributed by atoms with Crippen molar-refractivity contribution in [3.05, 3.63) is 70.5 Å². The third-order valence-electron chi connectivity index (χ3n) is 2.77. The smallest absolute Gasteiger partial charge is 0.259 e. The predicted octanol–water partition coefficient (Wildman–Crippen LogP) is 2.36. The van der Waals surface area contributed by atoms with Gasteiger partial charge < -0.3 is 5.32 Å². The molecule has 0 saturated carbocycles. The summed E-state index contributed by atoms with van der Waals surface area (Å²) >= 11 is 5.73. The Morgan fingerprint density at radius 3 is 2.61 bits per heavy atom. The topological polar surface area (TPSA) is 70.6 Å². The summed E-state index contributed by atoms with van der Waals surface area (Å²) in [6.45, 7) is -0.234. The fourth-order valence-electron chi connectivity index (χ4n) is 1.67. The summed E-state index contributed by atoms with van der Waals surface area (Å²) < 4.78 is 12.9. The molecular formula is C16H13ClFN3O2. The quantitative estimate of drug-likeness (QED) is 0.651. The van der Waals surface area contributed by atoms with Gasteiger partial charge in [-0.25, -0.2) is 9.82 Å². The minimum absolute atomic E-state index is 0.234. The first-order valence-electron chi connectivity index (χ1n) is 6.66. The van der Waals surface area contributed by atoms with Crippen molar-refractivity contribution < 1.29 is 14.0 Å². The number of rotatable bonds is 5. The number of halogens is 2. The van der Waals surface area contributed by atoms with Crippen LogP contribution in [0.3, 0.4) is 0 Å². The second-order valence-corrected chi connectivity index (χ2v) is 4.97. The Hall–Kier alpha value is -2.73. The van der Waals surface area contributed by atoms with Crippen LogP contribution in [0.15, 0.2) is 53.6 Å². The number of hydrazone groups is 1. The lowest BCUT2D eigenvalue weighted by Gasteiger charge is -2.04. The third-order valence-corrected chi connectivity index (χ3v) is 3.02. The van der Waals surface area contributed by atoms with Gasteiger partial charge in [0, 0.05) is 10.6 Å². The number of benzene rings is 2. The molecule has 0 atom stereocenters. The van der Waals surface area contributed by atoms with Crippen molar-refractivity contribution >= 4 is 29.6 Å². The van der Waals surface area contributed by atoms with Crippen LogP contribution < -0.4 is 10.7 Å². The van der Waals surface area contributed by atoms with E-state index in [1.165, 1.54) is 24.4 Å². The molecule has 2 aromatic carbocycles. The van der Waals surface area contributed by atoms with E-state index in [1.807, 2.05) is 0 Å². The van der Waals surface area contributed by atoms with Gasteiger partial charge in [0.1, 0.15) is 5.82 Å². The molecule has 0 bridgehead atoms. The summed E-state index contributed by atoms with van der Waals surface area (Å²) in [6, 6.07) is 12.0. The minimum atomic E-state index is -0.500. The molecule has 0 aliphatic heterocycles. The van der Waals surface area contributed by atoms with Crippen LogP contribution in [0.5, 0.6) is 0 Å². The molecule has 118 valence electrons. The number of hydrogen-bond donors (Lipinski definition) is 2. The summed E-state index contributed by atoms with van der Waals surface area (Å²) in [5.74, 6) is -1.29. The zero-order valence-electron chi connectivity index (χ0n) is 11.9. The first-order chi connectivity index (χ1) is 11.0. The van der Waals surface area contributed by atoms with Gasteiger partial charge in [-0.3, -0.25) is 9.59 Å². The Balaban J connectivity index is 1.78. The van der Waals surface area contributed by atoms with Gasteiger partial charge in [0.25, 0.3) is 11.8 Å². The summed E-state index contributed by atoms with van der Waals surface area (Å²) in [4.78, 5) is 23.3. The van der Waals surface area contributed by atoms with Gasteiger partial charge in [0.05, 0.1) is 12.8 Å². The van der Waals surface area contributed by atoms with Crippen molar-refractivity contribution in [2.24, 2.45) is 5.10 Å². The van der Waals surface area contributed by atoms with Crippen LogP contribution in [0.25, 0.3) is 0 Å². The van der Waals surface area contributed by atoms with E-state index < -0.39 is 17.6 Å². The average Bonchev–Trinajstić information content (AvgIpc) is 2.53. The molecule has 0 aliphatic rings. The van der Waals surface area contributed by atoms with E-state index in [2.05, 4.69) is 15.8 Å². The van der Waals surface area contributed by atoms with E-state index in [4.69, 9.17) is 11.6 Å². The third kappa shape index (κ3) is 5.52. The Morgan fingerprint density at radius 1 is 1.17 bits per heavy atom. The molecule has 0 saturated heterocycles. The molecule has 0 fully saturated rings. The lowest BCUT2D eigenvalue weighted by molar-refractivity contribution is -0.120. The highest BCUT2D eigenvalue weighted by atomic mass is 35.5. The maximum Gasteiger partial charge on any atom is 0.259 e. The van der Waals surface area contributed by atoms with Crippen LogP contribution in [0.2, 0.25) is 5.02 Å². The largest absolute Gasteiger partial charge is 0.343 e. The van der Waals surface area contributed by atoms with Gasteiger partial charge in [0.2, 0.25) is 0 Å². The highest BCUT2D eigenvalue weighted by molar-refractivity contribution is 6.30. The van der Waals surface area contributed by atoms with Gasteiger partial charge in [0.15, 0.2) is 0 Å². The maximum atomic E-state index is 12.9. The van der Waals surface area contributed by atoms with Gasteiger partial charge in [-0.2, -0.15) is 5.10 Å². The first-order valence-corrected chi connectivity index (χ1v) is 7.03. The molecule has 0 heterocycles. The first kappa shape index (κ1) is 16.6. The summed E-state index contributed by atoms with van der Waals surface area (Å²) in [7, 11) is 0. The lowest BCUT2D eigenvalue weighted by atomic mass is 10.2. The van der Waals surface area contributed by atoms with Crippen molar-refractivity contribution in [3.63, 3.8) is 0 Å². The van der Waals surface area contributed by atoms with Crippen LogP contribution in [0, 0.1) is 5.82 Å². The SMILES string of the molecule is O=C(CNC(=O)c1ccc(Cl)cc1)N/N=C\c1cccc(F)c1. The molecule has 0 aliphatic carbocycles. The van der Waals surface area contributed by atoms with Crippen LogP contribution in [-0.2, 0) is 4.79 Å². The standard InChI is InChI=1S/C16H13ClFN3O2/c17-13-6-4-12(5-7-13)16(23)19-10-15(22)21-20-9-11-2-1-3-14(18)8-11/h1-9H,10H2,(H,19,23)(H,21,22)/b20-9-. The summed E-state index contributed by atoms with van der Waals surface area (Å²) in [6.07, 6.45) is 1.31. The molecule has 2 amide bonds. The Kier molecular flexibility index (Phi) is 5.82. The lowest BCUT2D eigenvalue weighted by Crippen LogP contribution is -2.34. The molecule has 23 heavy (non-hydrogen) atoms. The Labute approximate surface area is 137 Å². The number of amides is 2. The van der Waals surface area contributed by atoms with Crippen molar-refractivity contribution in [1.29, 1.82) is 0 Å². The molecule has 2 N–H and O–H groups in total. The van der Waals surface area contributed by atoms with E-state index in [-0.39, 0.29) is 6.54 Å². The Morgan fingerprint density at radius 2 is 1.91 bits per heavy atom. The number of nitrogens with one attached hydrogen (secondary N) is 2. The zero-order chi connectivity index (χ0) is 16.7. The van der Waals surface area contributed by atoms with Gasteiger partial charge in [-0.15, -0.1) is 0 Å². The maximum absolute atomic E-state index is 12.9. The van der Waals surface area contributed by atoms with Crippen molar-refractivity contribution in [2.75, 3.05) is 6.54 Å². The highest BCUT2D eigenvalue weighted by Gasteiger charge is 2.07.